The number of halogens is 2. The van der Waals surface area contributed by atoms with E-state index in [9.17, 15) is 9.18 Å². The molecule has 182 valence electrons. The van der Waals surface area contributed by atoms with Crippen molar-refractivity contribution in [3.63, 3.8) is 0 Å². The summed E-state index contributed by atoms with van der Waals surface area (Å²) in [4.78, 5) is 14.7. The van der Waals surface area contributed by atoms with Crippen molar-refractivity contribution in [1.82, 2.24) is 14.7 Å². The highest BCUT2D eigenvalue weighted by atomic mass is 127. The SMILES string of the molecule is CC(C)(C)OC(=O)N1Cc2c(I)c(-c3cccc(F)c3)nn2C(CO[Si](C)(C)C(C)(C)C)C1. The molecule has 2 aromatic rings. The smallest absolute Gasteiger partial charge is 0.410 e. The van der Waals surface area contributed by atoms with E-state index in [-0.39, 0.29) is 23.0 Å². The molecule has 2 heterocycles. The number of fused-ring (bicyclic) bond motifs is 1. The molecule has 0 saturated carbocycles. The van der Waals surface area contributed by atoms with E-state index in [2.05, 4.69) is 56.5 Å². The summed E-state index contributed by atoms with van der Waals surface area (Å²) >= 11 is 2.25. The number of aromatic nitrogens is 2. The zero-order chi connectivity index (χ0) is 24.8. The van der Waals surface area contributed by atoms with Gasteiger partial charge in [-0.25, -0.2) is 9.18 Å². The molecule has 0 spiro atoms. The second-order valence-corrected chi connectivity index (χ2v) is 17.0. The number of carbonyl (C=O) groups is 1. The Morgan fingerprint density at radius 3 is 2.48 bits per heavy atom. The summed E-state index contributed by atoms with van der Waals surface area (Å²) in [6.07, 6.45) is -0.351. The van der Waals surface area contributed by atoms with Crippen molar-refractivity contribution < 1.29 is 18.3 Å². The Morgan fingerprint density at radius 2 is 1.91 bits per heavy atom. The predicted molar refractivity (Wildman–Crippen MR) is 139 cm³/mol. The van der Waals surface area contributed by atoms with Crippen LogP contribution in [0.15, 0.2) is 24.3 Å². The third-order valence-electron chi connectivity index (χ3n) is 6.26. The zero-order valence-corrected chi connectivity index (χ0v) is 24.0. The van der Waals surface area contributed by atoms with Crippen LogP contribution in [0.3, 0.4) is 0 Å². The number of rotatable bonds is 4. The van der Waals surface area contributed by atoms with Gasteiger partial charge in [-0.05, 0) is 73.6 Å². The van der Waals surface area contributed by atoms with Crippen LogP contribution in [0.25, 0.3) is 11.3 Å². The predicted octanol–water partition coefficient (Wildman–Crippen LogP) is 6.61. The van der Waals surface area contributed by atoms with Crippen molar-refractivity contribution in [3.8, 4) is 11.3 Å². The van der Waals surface area contributed by atoms with Crippen LogP contribution < -0.4 is 0 Å². The van der Waals surface area contributed by atoms with Crippen LogP contribution in [0.1, 0.15) is 53.3 Å². The van der Waals surface area contributed by atoms with Gasteiger partial charge >= 0.3 is 6.09 Å². The summed E-state index contributed by atoms with van der Waals surface area (Å²) in [6.45, 7) is 17.9. The first kappa shape index (κ1) is 26.1. The number of hydrogen-bond acceptors (Lipinski definition) is 4. The van der Waals surface area contributed by atoms with Crippen LogP contribution in [0.2, 0.25) is 18.1 Å². The lowest BCUT2D eigenvalue weighted by Crippen LogP contribution is -2.47. The largest absolute Gasteiger partial charge is 0.444 e. The molecule has 0 N–H and O–H groups in total. The zero-order valence-electron chi connectivity index (χ0n) is 20.8. The molecule has 0 bridgehead atoms. The van der Waals surface area contributed by atoms with Crippen molar-refractivity contribution in [1.29, 1.82) is 0 Å². The molecule has 0 aliphatic carbocycles. The molecular weight excluding hydrogens is 552 g/mol. The van der Waals surface area contributed by atoms with Crippen LogP contribution in [0, 0.1) is 9.39 Å². The van der Waals surface area contributed by atoms with Crippen molar-refractivity contribution in [3.05, 3.63) is 39.3 Å². The molecule has 1 aromatic heterocycles. The first-order valence-electron chi connectivity index (χ1n) is 11.2. The first-order chi connectivity index (χ1) is 15.1. The highest BCUT2D eigenvalue weighted by Gasteiger charge is 2.40. The van der Waals surface area contributed by atoms with Gasteiger partial charge in [-0.2, -0.15) is 5.10 Å². The number of amides is 1. The van der Waals surface area contributed by atoms with Gasteiger partial charge in [0.15, 0.2) is 8.32 Å². The van der Waals surface area contributed by atoms with E-state index in [4.69, 9.17) is 14.3 Å². The fourth-order valence-corrected chi connectivity index (χ4v) is 5.28. The van der Waals surface area contributed by atoms with Gasteiger partial charge in [0, 0.05) is 12.1 Å². The minimum atomic E-state index is -2.00. The average Bonchev–Trinajstić information content (AvgIpc) is 3.01. The molecule has 9 heteroatoms. The quantitative estimate of drug-likeness (QED) is 0.299. The minimum absolute atomic E-state index is 0.0701. The Labute approximate surface area is 211 Å². The number of ether oxygens (including phenoxy) is 1. The average molecular weight is 588 g/mol. The second kappa shape index (κ2) is 9.29. The van der Waals surface area contributed by atoms with Crippen LogP contribution in [-0.2, 0) is 15.7 Å². The minimum Gasteiger partial charge on any atom is -0.444 e. The Balaban J connectivity index is 1.98. The van der Waals surface area contributed by atoms with E-state index in [1.807, 2.05) is 31.5 Å². The fourth-order valence-electron chi connectivity index (χ4n) is 3.40. The van der Waals surface area contributed by atoms with Crippen LogP contribution >= 0.6 is 22.6 Å². The Hall–Kier alpha value is -1.46. The number of hydrogen-bond donors (Lipinski definition) is 0. The molecule has 1 aromatic carbocycles. The van der Waals surface area contributed by atoms with Gasteiger partial charge in [0.25, 0.3) is 0 Å². The first-order valence-corrected chi connectivity index (χ1v) is 15.2. The fraction of sp³-hybridized carbons (Fsp3) is 0.583. The maximum absolute atomic E-state index is 13.9. The Bertz CT molecular complexity index is 1030. The molecule has 0 radical (unpaired) electrons. The van der Waals surface area contributed by atoms with Crippen molar-refractivity contribution >= 4 is 37.0 Å². The van der Waals surface area contributed by atoms with Crippen molar-refractivity contribution in [2.75, 3.05) is 13.2 Å². The van der Waals surface area contributed by atoms with Gasteiger partial charge in [-0.3, -0.25) is 4.68 Å². The van der Waals surface area contributed by atoms with Gasteiger partial charge in [0.1, 0.15) is 17.1 Å². The molecule has 1 aliphatic rings. The lowest BCUT2D eigenvalue weighted by atomic mass is 10.1. The van der Waals surface area contributed by atoms with Gasteiger partial charge < -0.3 is 14.1 Å². The third-order valence-corrected chi connectivity index (χ3v) is 11.9. The number of carbonyl (C=O) groups excluding carboxylic acids is 1. The molecular formula is C24H35FIN3O3Si. The summed E-state index contributed by atoms with van der Waals surface area (Å²) in [5.74, 6) is -0.303. The second-order valence-electron chi connectivity index (χ2n) is 11.2. The molecule has 0 saturated heterocycles. The van der Waals surface area contributed by atoms with E-state index < -0.39 is 13.9 Å². The van der Waals surface area contributed by atoms with Crippen LogP contribution in [-0.4, -0.2) is 47.8 Å². The summed E-state index contributed by atoms with van der Waals surface area (Å²) < 4.78 is 29.0. The van der Waals surface area contributed by atoms with Crippen LogP contribution in [0.4, 0.5) is 9.18 Å². The van der Waals surface area contributed by atoms with E-state index in [1.165, 1.54) is 12.1 Å². The van der Waals surface area contributed by atoms with E-state index >= 15 is 0 Å². The topological polar surface area (TPSA) is 56.6 Å². The molecule has 1 atom stereocenters. The molecule has 3 rings (SSSR count). The van der Waals surface area contributed by atoms with Gasteiger partial charge in [0.05, 0.1) is 28.5 Å². The Morgan fingerprint density at radius 1 is 1.24 bits per heavy atom. The molecule has 33 heavy (non-hydrogen) atoms. The lowest BCUT2D eigenvalue weighted by molar-refractivity contribution is 0.0131. The van der Waals surface area contributed by atoms with Crippen LogP contribution in [0.5, 0.6) is 0 Å². The normalized spacial score (nSPS) is 17.2. The lowest BCUT2D eigenvalue weighted by Gasteiger charge is -2.39. The maximum atomic E-state index is 13.9. The highest BCUT2D eigenvalue weighted by molar-refractivity contribution is 14.1. The standard InChI is InChI=1S/C24H35FIN3O3Si/c1-23(2,3)32-22(30)28-13-18(15-31-33(7,8)24(4,5)6)29-19(14-28)20(26)21(27-29)16-10-9-11-17(25)12-16/h9-12,18H,13-15H2,1-8H3. The van der Waals surface area contributed by atoms with E-state index in [0.29, 0.717) is 31.0 Å². The van der Waals surface area contributed by atoms with Crippen molar-refractivity contribution in [2.24, 2.45) is 0 Å². The van der Waals surface area contributed by atoms with Gasteiger partial charge in [-0.15, -0.1) is 0 Å². The molecule has 6 nitrogen and oxygen atoms in total. The summed E-state index contributed by atoms with van der Waals surface area (Å²) in [6, 6.07) is 6.29. The summed E-state index contributed by atoms with van der Waals surface area (Å²) in [5.41, 5.74) is 1.76. The van der Waals surface area contributed by atoms with E-state index in [0.717, 1.165) is 9.26 Å². The van der Waals surface area contributed by atoms with Gasteiger partial charge in [0.2, 0.25) is 0 Å². The third kappa shape index (κ3) is 5.97. The monoisotopic (exact) mass is 587 g/mol. The van der Waals surface area contributed by atoms with Crippen molar-refractivity contribution in [2.45, 2.75) is 77.9 Å². The summed E-state index contributed by atoms with van der Waals surface area (Å²) in [5, 5.41) is 4.94. The Kier molecular flexibility index (Phi) is 7.36. The number of benzene rings is 1. The number of nitrogens with zero attached hydrogens (tertiary/aromatic N) is 3. The maximum Gasteiger partial charge on any atom is 0.410 e. The molecule has 1 unspecified atom stereocenters. The highest BCUT2D eigenvalue weighted by Crippen LogP contribution is 2.38. The molecule has 1 amide bonds. The van der Waals surface area contributed by atoms with E-state index in [1.54, 1.807) is 11.0 Å². The van der Waals surface area contributed by atoms with Gasteiger partial charge in [-0.1, -0.05) is 32.9 Å². The molecule has 1 aliphatic heterocycles. The molecule has 0 fully saturated rings. The summed E-state index contributed by atoms with van der Waals surface area (Å²) in [7, 11) is -2.00.